The van der Waals surface area contributed by atoms with E-state index in [4.69, 9.17) is 0 Å². The van der Waals surface area contributed by atoms with Gasteiger partial charge in [-0.1, -0.05) is 18.9 Å². The summed E-state index contributed by atoms with van der Waals surface area (Å²) in [5.41, 5.74) is 0.978. The molecule has 1 aromatic rings. The van der Waals surface area contributed by atoms with Crippen LogP contribution in [0.25, 0.3) is 0 Å². The summed E-state index contributed by atoms with van der Waals surface area (Å²) in [6.45, 7) is 3.82. The molecule has 7 heteroatoms. The van der Waals surface area contributed by atoms with Crippen molar-refractivity contribution >= 4 is 35.6 Å². The monoisotopic (exact) mass is 503 g/mol. The smallest absolute Gasteiger partial charge is 0.191 e. The van der Waals surface area contributed by atoms with Crippen LogP contribution >= 0.6 is 24.0 Å². The van der Waals surface area contributed by atoms with E-state index in [1.807, 2.05) is 13.1 Å². The van der Waals surface area contributed by atoms with Crippen molar-refractivity contribution < 1.29 is 4.39 Å². The second kappa shape index (κ2) is 11.8. The van der Waals surface area contributed by atoms with E-state index in [0.717, 1.165) is 56.7 Å². The number of likely N-dealkylation sites (N-methyl/N-ethyl adjacent to an activating group) is 1. The highest BCUT2D eigenvalue weighted by molar-refractivity contribution is 14.0. The molecule has 0 atom stereocenters. The number of anilines is 1. The van der Waals surface area contributed by atoms with E-state index in [1.165, 1.54) is 31.7 Å². The van der Waals surface area contributed by atoms with E-state index < -0.39 is 0 Å². The first-order valence-corrected chi connectivity index (χ1v) is 10.3. The Morgan fingerprint density at radius 3 is 2.57 bits per heavy atom. The summed E-state index contributed by atoms with van der Waals surface area (Å²) >= 11 is 0. The minimum atomic E-state index is -0.167. The van der Waals surface area contributed by atoms with Crippen molar-refractivity contribution in [1.82, 2.24) is 15.5 Å². The van der Waals surface area contributed by atoms with Crippen LogP contribution in [0.3, 0.4) is 0 Å². The molecular weight excluding hydrogens is 468 g/mol. The largest absolute Gasteiger partial charge is 0.371 e. The van der Waals surface area contributed by atoms with E-state index in [0.29, 0.717) is 6.04 Å². The number of piperidine rings is 1. The Kier molecular flexibility index (Phi) is 9.77. The lowest BCUT2D eigenvalue weighted by molar-refractivity contribution is 0.249. The van der Waals surface area contributed by atoms with Crippen molar-refractivity contribution in [3.63, 3.8) is 0 Å². The van der Waals surface area contributed by atoms with E-state index in [-0.39, 0.29) is 29.8 Å². The molecule has 0 radical (unpaired) electrons. The fourth-order valence-corrected chi connectivity index (χ4v) is 4.22. The molecule has 28 heavy (non-hydrogen) atoms. The molecule has 1 aromatic carbocycles. The third kappa shape index (κ3) is 6.76. The second-order valence-electron chi connectivity index (χ2n) is 7.80. The van der Waals surface area contributed by atoms with Gasteiger partial charge in [-0.2, -0.15) is 0 Å². The Balaban J connectivity index is 0.00000280. The molecule has 0 amide bonds. The maximum absolute atomic E-state index is 13.4. The van der Waals surface area contributed by atoms with E-state index >= 15 is 0 Å². The summed E-state index contributed by atoms with van der Waals surface area (Å²) in [4.78, 5) is 9.11. The van der Waals surface area contributed by atoms with Gasteiger partial charge in [-0.25, -0.2) is 4.39 Å². The maximum atomic E-state index is 13.4. The molecule has 2 fully saturated rings. The van der Waals surface area contributed by atoms with Crippen LogP contribution < -0.4 is 15.5 Å². The maximum Gasteiger partial charge on any atom is 0.191 e. The minimum absolute atomic E-state index is 0. The van der Waals surface area contributed by atoms with Gasteiger partial charge < -0.3 is 20.4 Å². The third-order valence-corrected chi connectivity index (χ3v) is 5.94. The molecule has 0 spiro atoms. The molecule has 5 nitrogen and oxygen atoms in total. The Morgan fingerprint density at radius 1 is 1.21 bits per heavy atom. The van der Waals surface area contributed by atoms with Gasteiger partial charge in [-0.15, -0.1) is 24.0 Å². The predicted octanol–water partition coefficient (Wildman–Crippen LogP) is 3.45. The van der Waals surface area contributed by atoms with Gasteiger partial charge in [0.05, 0.1) is 0 Å². The molecule has 1 aliphatic heterocycles. The minimum Gasteiger partial charge on any atom is -0.371 e. The van der Waals surface area contributed by atoms with Gasteiger partial charge in [0.1, 0.15) is 5.82 Å². The van der Waals surface area contributed by atoms with Crippen LogP contribution in [-0.4, -0.2) is 63.2 Å². The van der Waals surface area contributed by atoms with E-state index in [9.17, 15) is 4.39 Å². The van der Waals surface area contributed by atoms with Crippen molar-refractivity contribution in [3.05, 3.63) is 30.1 Å². The number of guanidine groups is 1. The summed E-state index contributed by atoms with van der Waals surface area (Å²) < 4.78 is 13.4. The summed E-state index contributed by atoms with van der Waals surface area (Å²) in [5, 5.41) is 7.01. The average molecular weight is 503 g/mol. The first-order valence-electron chi connectivity index (χ1n) is 10.3. The normalized spacial score (nSPS) is 19.0. The van der Waals surface area contributed by atoms with Crippen molar-refractivity contribution in [2.45, 2.75) is 50.6 Å². The predicted molar refractivity (Wildman–Crippen MR) is 126 cm³/mol. The molecule has 1 saturated carbocycles. The molecule has 0 unspecified atom stereocenters. The third-order valence-electron chi connectivity index (χ3n) is 5.94. The van der Waals surface area contributed by atoms with Crippen LogP contribution in [-0.2, 0) is 0 Å². The quantitative estimate of drug-likeness (QED) is 0.355. The Bertz CT molecular complexity index is 613. The lowest BCUT2D eigenvalue weighted by Crippen LogP contribution is -2.50. The number of hydrogen-bond donors (Lipinski definition) is 2. The summed E-state index contributed by atoms with van der Waals surface area (Å²) in [6, 6.07) is 8.05. The summed E-state index contributed by atoms with van der Waals surface area (Å²) in [5.74, 6) is 0.721. The highest BCUT2D eigenvalue weighted by atomic mass is 127. The zero-order chi connectivity index (χ0) is 19.1. The molecule has 2 N–H and O–H groups in total. The van der Waals surface area contributed by atoms with Crippen molar-refractivity contribution in [2.24, 2.45) is 4.99 Å². The highest BCUT2D eigenvalue weighted by Crippen LogP contribution is 2.22. The molecule has 158 valence electrons. The number of halogens is 2. The zero-order valence-electron chi connectivity index (χ0n) is 17.2. The van der Waals surface area contributed by atoms with Crippen LogP contribution in [0.15, 0.2) is 29.3 Å². The first-order chi connectivity index (χ1) is 13.2. The SMILES string of the molecule is CN=C(NCCN(C)C1CCCC1)NC1CCN(c2cccc(F)c2)CC1.I. The molecule has 0 bridgehead atoms. The van der Waals surface area contributed by atoms with Gasteiger partial charge in [-0.05, 0) is 50.9 Å². The fraction of sp³-hybridized carbons (Fsp3) is 0.667. The molecule has 0 aromatic heterocycles. The first kappa shape index (κ1) is 23.2. The van der Waals surface area contributed by atoms with Gasteiger partial charge in [0, 0.05) is 51.0 Å². The van der Waals surface area contributed by atoms with Crippen LogP contribution in [0.2, 0.25) is 0 Å². The molecule has 2 aliphatic rings. The van der Waals surface area contributed by atoms with Crippen LogP contribution in [0.1, 0.15) is 38.5 Å². The van der Waals surface area contributed by atoms with Crippen LogP contribution in [0.5, 0.6) is 0 Å². The number of nitrogens with zero attached hydrogens (tertiary/aromatic N) is 3. The number of hydrogen-bond acceptors (Lipinski definition) is 3. The van der Waals surface area contributed by atoms with Gasteiger partial charge in [0.2, 0.25) is 0 Å². The lowest BCUT2D eigenvalue weighted by atomic mass is 10.0. The van der Waals surface area contributed by atoms with Gasteiger partial charge >= 0.3 is 0 Å². The summed E-state index contributed by atoms with van der Waals surface area (Å²) in [7, 11) is 4.06. The highest BCUT2D eigenvalue weighted by Gasteiger charge is 2.21. The molecule has 1 saturated heterocycles. The Morgan fingerprint density at radius 2 is 1.93 bits per heavy atom. The number of nitrogens with one attached hydrogen (secondary N) is 2. The molecule has 3 rings (SSSR count). The van der Waals surface area contributed by atoms with Crippen molar-refractivity contribution in [2.75, 3.05) is 45.2 Å². The lowest BCUT2D eigenvalue weighted by Gasteiger charge is -2.34. The number of rotatable bonds is 6. The number of aliphatic imine (C=N–C) groups is 1. The van der Waals surface area contributed by atoms with Gasteiger partial charge in [-0.3, -0.25) is 4.99 Å². The fourth-order valence-electron chi connectivity index (χ4n) is 4.22. The van der Waals surface area contributed by atoms with Crippen LogP contribution in [0.4, 0.5) is 10.1 Å². The molecular formula is C21H35FIN5. The zero-order valence-corrected chi connectivity index (χ0v) is 19.5. The Hall–Kier alpha value is -1.09. The van der Waals surface area contributed by atoms with Gasteiger partial charge in [0.15, 0.2) is 5.96 Å². The van der Waals surface area contributed by atoms with E-state index in [2.05, 4.69) is 32.5 Å². The number of benzene rings is 1. The van der Waals surface area contributed by atoms with E-state index in [1.54, 1.807) is 12.1 Å². The topological polar surface area (TPSA) is 42.9 Å². The average Bonchev–Trinajstić information content (AvgIpc) is 3.22. The second-order valence-corrected chi connectivity index (χ2v) is 7.80. The van der Waals surface area contributed by atoms with Crippen LogP contribution in [0, 0.1) is 5.82 Å². The standard InChI is InChI=1S/C21H34FN5.HI/c1-23-21(24-12-15-26(2)19-7-3-4-8-19)25-18-10-13-27(14-11-18)20-9-5-6-17(22)16-20;/h5-6,9,16,18-19H,3-4,7-8,10-15H2,1-2H3,(H2,23,24,25);1H. The summed E-state index contributed by atoms with van der Waals surface area (Å²) in [6.07, 6.45) is 7.49. The van der Waals surface area contributed by atoms with Crippen molar-refractivity contribution in [1.29, 1.82) is 0 Å². The van der Waals surface area contributed by atoms with Crippen molar-refractivity contribution in [3.8, 4) is 0 Å². The Labute approximate surface area is 186 Å². The van der Waals surface area contributed by atoms with Gasteiger partial charge in [0.25, 0.3) is 0 Å². The molecule has 1 aliphatic carbocycles. The molecule has 1 heterocycles.